The minimum absolute atomic E-state index is 0.341. The van der Waals surface area contributed by atoms with Crippen molar-refractivity contribution in [3.63, 3.8) is 0 Å². The Labute approximate surface area is 99.7 Å². The fraction of sp³-hybridized carbons (Fsp3) is 1.00. The summed E-state index contributed by atoms with van der Waals surface area (Å²) < 4.78 is 5.85. The number of nitrogens with zero attached hydrogens (tertiary/aromatic N) is 2. The van der Waals surface area contributed by atoms with Crippen LogP contribution in [0, 0.1) is 0 Å². The summed E-state index contributed by atoms with van der Waals surface area (Å²) in [6.07, 6.45) is 2.90. The van der Waals surface area contributed by atoms with Crippen molar-refractivity contribution in [1.29, 1.82) is 0 Å². The van der Waals surface area contributed by atoms with Crippen LogP contribution in [0.4, 0.5) is 0 Å². The first-order chi connectivity index (χ1) is 7.61. The van der Waals surface area contributed by atoms with Crippen LogP contribution in [0.25, 0.3) is 0 Å². The molecule has 0 amide bonds. The van der Waals surface area contributed by atoms with Crippen LogP contribution in [-0.2, 0) is 4.74 Å². The Balaban J connectivity index is 2.24. The van der Waals surface area contributed by atoms with Gasteiger partial charge in [-0.3, -0.25) is 4.90 Å². The molecule has 1 rings (SSSR count). The normalized spacial score (nSPS) is 27.6. The van der Waals surface area contributed by atoms with E-state index < -0.39 is 0 Å². The summed E-state index contributed by atoms with van der Waals surface area (Å²) >= 11 is 0. The van der Waals surface area contributed by atoms with E-state index in [9.17, 15) is 0 Å². The van der Waals surface area contributed by atoms with Gasteiger partial charge >= 0.3 is 0 Å². The van der Waals surface area contributed by atoms with Crippen LogP contribution in [-0.4, -0.2) is 68.8 Å². The summed E-state index contributed by atoms with van der Waals surface area (Å²) in [5.74, 6) is 0. The second kappa shape index (κ2) is 7.22. The molecule has 1 fully saturated rings. The second-order valence-corrected chi connectivity index (χ2v) is 5.06. The molecule has 0 aromatic carbocycles. The van der Waals surface area contributed by atoms with Crippen LogP contribution in [0.15, 0.2) is 0 Å². The van der Waals surface area contributed by atoms with Crippen molar-refractivity contribution in [1.82, 2.24) is 9.80 Å². The molecule has 16 heavy (non-hydrogen) atoms. The van der Waals surface area contributed by atoms with E-state index in [0.717, 1.165) is 32.6 Å². The van der Waals surface area contributed by atoms with Crippen molar-refractivity contribution < 1.29 is 4.74 Å². The number of hydrogen-bond acceptors (Lipinski definition) is 4. The molecule has 2 unspecified atom stereocenters. The quantitative estimate of drug-likeness (QED) is 0.715. The third-order valence-corrected chi connectivity index (χ3v) is 2.97. The highest BCUT2D eigenvalue weighted by Gasteiger charge is 2.23. The zero-order valence-electron chi connectivity index (χ0n) is 11.0. The van der Waals surface area contributed by atoms with E-state index in [0.29, 0.717) is 12.2 Å². The molecule has 0 bridgehead atoms. The summed E-state index contributed by atoms with van der Waals surface area (Å²) in [7, 11) is 4.25. The zero-order valence-corrected chi connectivity index (χ0v) is 11.0. The predicted octanol–water partition coefficient (Wildman–Crippen LogP) is 0.376. The van der Waals surface area contributed by atoms with E-state index in [4.69, 9.17) is 10.5 Å². The maximum absolute atomic E-state index is 5.85. The number of rotatable bonds is 6. The van der Waals surface area contributed by atoms with Gasteiger partial charge in [0.25, 0.3) is 0 Å². The van der Waals surface area contributed by atoms with Gasteiger partial charge in [-0.05, 0) is 53.5 Å². The maximum Gasteiger partial charge on any atom is 0.0718 e. The molecular weight excluding hydrogens is 202 g/mol. The van der Waals surface area contributed by atoms with Crippen molar-refractivity contribution in [2.75, 3.05) is 46.8 Å². The molecule has 1 aliphatic heterocycles. The lowest BCUT2D eigenvalue weighted by Crippen LogP contribution is -2.47. The van der Waals surface area contributed by atoms with Crippen LogP contribution >= 0.6 is 0 Å². The first-order valence-corrected chi connectivity index (χ1v) is 6.34. The van der Waals surface area contributed by atoms with Gasteiger partial charge in [-0.25, -0.2) is 0 Å². The second-order valence-electron chi connectivity index (χ2n) is 5.06. The lowest BCUT2D eigenvalue weighted by Gasteiger charge is -2.37. The van der Waals surface area contributed by atoms with E-state index in [-0.39, 0.29) is 0 Å². The Hall–Kier alpha value is -0.160. The standard InChI is InChI=1S/C12H27N3O/c1-11-9-15(8-4-7-14(2)3)10-12(16-11)5-6-13/h11-12H,4-10,13H2,1-3H3. The van der Waals surface area contributed by atoms with Crippen molar-refractivity contribution in [2.24, 2.45) is 5.73 Å². The molecule has 0 radical (unpaired) electrons. The van der Waals surface area contributed by atoms with Gasteiger partial charge < -0.3 is 15.4 Å². The van der Waals surface area contributed by atoms with Gasteiger partial charge in [-0.15, -0.1) is 0 Å². The minimum Gasteiger partial charge on any atom is -0.373 e. The SMILES string of the molecule is CC1CN(CCCN(C)C)CC(CCN)O1. The molecule has 4 nitrogen and oxygen atoms in total. The topological polar surface area (TPSA) is 41.7 Å². The first kappa shape index (κ1) is 13.9. The molecule has 0 saturated carbocycles. The summed E-state index contributed by atoms with van der Waals surface area (Å²) in [6.45, 7) is 7.33. The van der Waals surface area contributed by atoms with Gasteiger partial charge in [-0.1, -0.05) is 0 Å². The van der Waals surface area contributed by atoms with E-state index >= 15 is 0 Å². The Morgan fingerprint density at radius 2 is 2.12 bits per heavy atom. The highest BCUT2D eigenvalue weighted by molar-refractivity contribution is 4.76. The molecule has 1 aliphatic rings. The smallest absolute Gasteiger partial charge is 0.0718 e. The van der Waals surface area contributed by atoms with Gasteiger partial charge in [0, 0.05) is 13.1 Å². The van der Waals surface area contributed by atoms with Gasteiger partial charge in [0.2, 0.25) is 0 Å². The molecule has 0 aliphatic carbocycles. The molecule has 96 valence electrons. The summed E-state index contributed by atoms with van der Waals surface area (Å²) in [6, 6.07) is 0. The van der Waals surface area contributed by atoms with Crippen molar-refractivity contribution in [3.05, 3.63) is 0 Å². The lowest BCUT2D eigenvalue weighted by molar-refractivity contribution is -0.0787. The highest BCUT2D eigenvalue weighted by Crippen LogP contribution is 2.13. The molecule has 0 aromatic heterocycles. The molecule has 0 aromatic rings. The van der Waals surface area contributed by atoms with Crippen LogP contribution in [0.3, 0.4) is 0 Å². The third kappa shape index (κ3) is 5.25. The average molecular weight is 229 g/mol. The molecule has 2 N–H and O–H groups in total. The fourth-order valence-electron chi connectivity index (χ4n) is 2.28. The van der Waals surface area contributed by atoms with E-state index in [1.165, 1.54) is 13.0 Å². The summed E-state index contributed by atoms with van der Waals surface area (Å²) in [5.41, 5.74) is 5.58. The Morgan fingerprint density at radius 3 is 2.75 bits per heavy atom. The average Bonchev–Trinajstić information content (AvgIpc) is 2.16. The number of morpholine rings is 1. The van der Waals surface area contributed by atoms with Gasteiger partial charge in [0.1, 0.15) is 0 Å². The van der Waals surface area contributed by atoms with Crippen molar-refractivity contribution >= 4 is 0 Å². The van der Waals surface area contributed by atoms with Gasteiger partial charge in [0.15, 0.2) is 0 Å². The van der Waals surface area contributed by atoms with Crippen LogP contribution in [0.5, 0.6) is 0 Å². The van der Waals surface area contributed by atoms with Crippen LogP contribution in [0.2, 0.25) is 0 Å². The highest BCUT2D eigenvalue weighted by atomic mass is 16.5. The van der Waals surface area contributed by atoms with Crippen LogP contribution < -0.4 is 5.73 Å². The Kier molecular flexibility index (Phi) is 6.28. The van der Waals surface area contributed by atoms with E-state index in [1.54, 1.807) is 0 Å². The summed E-state index contributed by atoms with van der Waals surface area (Å²) in [4.78, 5) is 4.75. The molecule has 2 atom stereocenters. The summed E-state index contributed by atoms with van der Waals surface area (Å²) in [5, 5.41) is 0. The zero-order chi connectivity index (χ0) is 12.0. The fourth-order valence-corrected chi connectivity index (χ4v) is 2.28. The minimum atomic E-state index is 0.341. The third-order valence-electron chi connectivity index (χ3n) is 2.97. The monoisotopic (exact) mass is 229 g/mol. The molecule has 1 saturated heterocycles. The van der Waals surface area contributed by atoms with E-state index in [1.807, 2.05) is 0 Å². The molecular formula is C12H27N3O. The molecule has 0 spiro atoms. The predicted molar refractivity (Wildman–Crippen MR) is 67.6 cm³/mol. The first-order valence-electron chi connectivity index (χ1n) is 6.34. The van der Waals surface area contributed by atoms with Gasteiger partial charge in [-0.2, -0.15) is 0 Å². The Morgan fingerprint density at radius 1 is 1.38 bits per heavy atom. The Bertz CT molecular complexity index is 187. The number of hydrogen-bond donors (Lipinski definition) is 1. The van der Waals surface area contributed by atoms with Gasteiger partial charge in [0.05, 0.1) is 12.2 Å². The molecule has 4 heteroatoms. The number of ether oxygens (including phenoxy) is 1. The number of nitrogens with two attached hydrogens (primary N) is 1. The molecule has 1 heterocycles. The lowest BCUT2D eigenvalue weighted by atomic mass is 10.1. The van der Waals surface area contributed by atoms with Crippen LogP contribution in [0.1, 0.15) is 19.8 Å². The van der Waals surface area contributed by atoms with Crippen molar-refractivity contribution in [2.45, 2.75) is 32.0 Å². The maximum atomic E-state index is 5.85. The largest absolute Gasteiger partial charge is 0.373 e. The van der Waals surface area contributed by atoms with Crippen molar-refractivity contribution in [3.8, 4) is 0 Å². The van der Waals surface area contributed by atoms with E-state index in [2.05, 4.69) is 30.8 Å².